The van der Waals surface area contributed by atoms with Crippen molar-refractivity contribution in [3.8, 4) is 0 Å². The lowest BCUT2D eigenvalue weighted by atomic mass is 10.0. The van der Waals surface area contributed by atoms with Gasteiger partial charge in [0.25, 0.3) is 0 Å². The standard InChI is InChI=1S/C32H57NO3S2Si2/c1-31(2,3)39(7,8)35-22-18-13-11-12-17-21-28(36-40(9,10)32(4,5)6)24-29(34)33-27(25-38-30(33)37)23-26-19-15-14-16-20-26/h14-16,19-20,27-28H,11-13,17-18,21-25H2,1-10H3/t27-,28-/m0/s1. The first kappa shape index (κ1) is 35.7. The van der Waals surface area contributed by atoms with Crippen molar-refractivity contribution in [2.24, 2.45) is 0 Å². The van der Waals surface area contributed by atoms with E-state index in [2.05, 4.69) is 92.0 Å². The minimum atomic E-state index is -2.01. The topological polar surface area (TPSA) is 38.8 Å². The molecule has 0 radical (unpaired) electrons. The van der Waals surface area contributed by atoms with Gasteiger partial charge in [0.1, 0.15) is 4.32 Å². The smallest absolute Gasteiger partial charge is 0.230 e. The summed E-state index contributed by atoms with van der Waals surface area (Å²) >= 11 is 7.30. The van der Waals surface area contributed by atoms with Crippen LogP contribution >= 0.6 is 24.0 Å². The molecule has 8 heteroatoms. The third-order valence-corrected chi connectivity index (χ3v) is 19.8. The van der Waals surface area contributed by atoms with E-state index in [0.717, 1.165) is 42.4 Å². The van der Waals surface area contributed by atoms with Gasteiger partial charge in [0, 0.05) is 12.4 Å². The Morgan fingerprint density at radius 1 is 0.950 bits per heavy atom. The Hall–Kier alpha value is -0.516. The average Bonchev–Trinajstić information content (AvgIpc) is 3.19. The number of rotatable bonds is 15. The summed E-state index contributed by atoms with van der Waals surface area (Å²) in [7, 11) is -3.66. The number of nitrogens with zero attached hydrogens (tertiary/aromatic N) is 1. The quantitative estimate of drug-likeness (QED) is 0.110. The fourth-order valence-corrected chi connectivity index (χ4v) is 8.36. The third kappa shape index (κ3) is 11.0. The second-order valence-corrected chi connectivity index (χ2v) is 25.8. The zero-order valence-corrected chi connectivity index (χ0v) is 30.7. The number of amides is 1. The van der Waals surface area contributed by atoms with Gasteiger partial charge in [-0.05, 0) is 61.1 Å². The Balaban J connectivity index is 1.92. The molecule has 0 unspecified atom stereocenters. The number of unbranched alkanes of at least 4 members (excludes halogenated alkanes) is 4. The highest BCUT2D eigenvalue weighted by atomic mass is 32.2. The van der Waals surface area contributed by atoms with Gasteiger partial charge in [-0.1, -0.05) is 122 Å². The minimum absolute atomic E-state index is 0.0546. The molecule has 1 aromatic rings. The number of hydrogen-bond acceptors (Lipinski definition) is 5. The van der Waals surface area contributed by atoms with Gasteiger partial charge in [-0.15, -0.1) is 0 Å². The van der Waals surface area contributed by atoms with Crippen LogP contribution in [-0.2, 0) is 20.1 Å². The molecule has 0 aromatic heterocycles. The summed E-state index contributed by atoms with van der Waals surface area (Å²) < 4.78 is 13.9. The molecule has 0 spiro atoms. The molecule has 1 saturated heterocycles. The van der Waals surface area contributed by atoms with Crippen LogP contribution in [0.25, 0.3) is 0 Å². The maximum Gasteiger partial charge on any atom is 0.230 e. The van der Waals surface area contributed by atoms with Crippen molar-refractivity contribution in [3.05, 3.63) is 35.9 Å². The summed E-state index contributed by atoms with van der Waals surface area (Å²) in [6.45, 7) is 23.8. The highest BCUT2D eigenvalue weighted by Crippen LogP contribution is 2.39. The van der Waals surface area contributed by atoms with E-state index in [1.54, 1.807) is 11.8 Å². The summed E-state index contributed by atoms with van der Waals surface area (Å²) in [6, 6.07) is 10.6. The summed E-state index contributed by atoms with van der Waals surface area (Å²) in [4.78, 5) is 15.6. The van der Waals surface area contributed by atoms with E-state index in [1.807, 2.05) is 11.0 Å². The van der Waals surface area contributed by atoms with E-state index in [-0.39, 0.29) is 28.1 Å². The number of hydrogen-bond donors (Lipinski definition) is 0. The normalized spacial score (nSPS) is 17.9. The fraction of sp³-hybridized carbons (Fsp3) is 0.750. The molecular formula is C32H57NO3S2Si2. The van der Waals surface area contributed by atoms with Gasteiger partial charge in [0.05, 0.1) is 18.6 Å². The molecule has 0 saturated carbocycles. The Morgan fingerprint density at radius 3 is 2.12 bits per heavy atom. The van der Waals surface area contributed by atoms with Crippen molar-refractivity contribution in [2.75, 3.05) is 12.4 Å². The number of thiocarbonyl (C=S) groups is 1. The van der Waals surface area contributed by atoms with Gasteiger partial charge < -0.3 is 8.85 Å². The number of thioether (sulfide) groups is 1. The highest BCUT2D eigenvalue weighted by Gasteiger charge is 2.41. The molecule has 40 heavy (non-hydrogen) atoms. The third-order valence-electron chi connectivity index (χ3n) is 9.15. The van der Waals surface area contributed by atoms with Crippen LogP contribution in [-0.4, -0.2) is 56.3 Å². The van der Waals surface area contributed by atoms with Crippen molar-refractivity contribution in [2.45, 2.75) is 141 Å². The number of carbonyl (C=O) groups is 1. The van der Waals surface area contributed by atoms with Crippen molar-refractivity contribution < 1.29 is 13.6 Å². The van der Waals surface area contributed by atoms with Gasteiger partial charge in [0.2, 0.25) is 5.91 Å². The van der Waals surface area contributed by atoms with Crippen LogP contribution in [0.5, 0.6) is 0 Å². The lowest BCUT2D eigenvalue weighted by molar-refractivity contribution is -0.130. The average molecular weight is 624 g/mol. The maximum absolute atomic E-state index is 13.7. The molecule has 2 rings (SSSR count). The number of carbonyl (C=O) groups excluding carboxylic acids is 1. The monoisotopic (exact) mass is 623 g/mol. The predicted octanol–water partition coefficient (Wildman–Crippen LogP) is 9.60. The van der Waals surface area contributed by atoms with Crippen LogP contribution < -0.4 is 0 Å². The molecule has 228 valence electrons. The van der Waals surface area contributed by atoms with Crippen molar-refractivity contribution in [1.82, 2.24) is 4.90 Å². The zero-order valence-electron chi connectivity index (χ0n) is 27.1. The zero-order chi connectivity index (χ0) is 30.2. The molecule has 1 aliphatic rings. The summed E-state index contributed by atoms with van der Waals surface area (Å²) in [5.74, 6) is 0.995. The Kier molecular flexibility index (Phi) is 13.6. The first-order valence-corrected chi connectivity index (χ1v) is 22.5. The van der Waals surface area contributed by atoms with Crippen LogP contribution in [0.4, 0.5) is 0 Å². The molecule has 0 aliphatic carbocycles. The molecule has 0 N–H and O–H groups in total. The van der Waals surface area contributed by atoms with Crippen LogP contribution in [0.2, 0.25) is 36.3 Å². The predicted molar refractivity (Wildman–Crippen MR) is 183 cm³/mol. The lowest BCUT2D eigenvalue weighted by Crippen LogP contribution is -2.46. The second-order valence-electron chi connectivity index (χ2n) is 14.6. The number of benzene rings is 1. The van der Waals surface area contributed by atoms with Crippen LogP contribution in [0.15, 0.2) is 30.3 Å². The van der Waals surface area contributed by atoms with E-state index in [9.17, 15) is 4.79 Å². The molecule has 1 heterocycles. The molecule has 1 aliphatic heterocycles. The molecule has 0 bridgehead atoms. The van der Waals surface area contributed by atoms with Crippen LogP contribution in [0, 0.1) is 0 Å². The van der Waals surface area contributed by atoms with Gasteiger partial charge in [-0.2, -0.15) is 0 Å². The summed E-state index contributed by atoms with van der Waals surface area (Å²) in [5, 5.41) is 0.371. The van der Waals surface area contributed by atoms with E-state index < -0.39 is 16.6 Å². The first-order chi connectivity index (χ1) is 18.4. The molecule has 1 aromatic carbocycles. The Labute approximate surface area is 258 Å². The van der Waals surface area contributed by atoms with Gasteiger partial charge in [-0.3, -0.25) is 9.69 Å². The first-order valence-electron chi connectivity index (χ1n) is 15.3. The Bertz CT molecular complexity index is 942. The largest absolute Gasteiger partial charge is 0.417 e. The summed E-state index contributed by atoms with van der Waals surface area (Å²) in [5.41, 5.74) is 1.25. The van der Waals surface area contributed by atoms with E-state index >= 15 is 0 Å². The lowest BCUT2D eigenvalue weighted by Gasteiger charge is -2.39. The highest BCUT2D eigenvalue weighted by molar-refractivity contribution is 8.23. The van der Waals surface area contributed by atoms with Crippen LogP contribution in [0.3, 0.4) is 0 Å². The van der Waals surface area contributed by atoms with Gasteiger partial charge >= 0.3 is 0 Å². The maximum atomic E-state index is 13.7. The molecule has 1 amide bonds. The molecule has 4 nitrogen and oxygen atoms in total. The van der Waals surface area contributed by atoms with Crippen molar-refractivity contribution >= 4 is 50.8 Å². The molecular weight excluding hydrogens is 567 g/mol. The van der Waals surface area contributed by atoms with Crippen LogP contribution in [0.1, 0.15) is 92.1 Å². The molecule has 1 fully saturated rings. The van der Waals surface area contributed by atoms with Crippen molar-refractivity contribution in [3.63, 3.8) is 0 Å². The minimum Gasteiger partial charge on any atom is -0.417 e. The summed E-state index contributed by atoms with van der Waals surface area (Å²) in [6.07, 6.45) is 7.90. The SMILES string of the molecule is CC(C)(C)[Si](C)(C)OCCCCCCC[C@@H](CC(=O)N1C(=S)SC[C@@H]1Cc1ccccc1)O[Si](C)(C)C(C)(C)C. The van der Waals surface area contributed by atoms with E-state index in [0.29, 0.717) is 6.42 Å². The van der Waals surface area contributed by atoms with Gasteiger partial charge in [-0.25, -0.2) is 0 Å². The second kappa shape index (κ2) is 15.3. The van der Waals surface area contributed by atoms with Crippen molar-refractivity contribution in [1.29, 1.82) is 0 Å². The van der Waals surface area contributed by atoms with E-state index in [4.69, 9.17) is 21.1 Å². The Morgan fingerprint density at radius 2 is 1.52 bits per heavy atom. The molecule has 2 atom stereocenters. The van der Waals surface area contributed by atoms with E-state index in [1.165, 1.54) is 24.8 Å². The fourth-order valence-electron chi connectivity index (χ4n) is 4.44. The van der Waals surface area contributed by atoms with Gasteiger partial charge in [0.15, 0.2) is 16.6 Å².